The van der Waals surface area contributed by atoms with Gasteiger partial charge in [0.05, 0.1) is 16.9 Å². The molecule has 8 heteroatoms. The first-order valence-corrected chi connectivity index (χ1v) is 8.98. The molecule has 1 aliphatic heterocycles. The van der Waals surface area contributed by atoms with E-state index in [2.05, 4.69) is 14.6 Å². The van der Waals surface area contributed by atoms with Crippen molar-refractivity contribution in [2.75, 3.05) is 24.7 Å². The summed E-state index contributed by atoms with van der Waals surface area (Å²) in [6.45, 7) is 0.959. The van der Waals surface area contributed by atoms with Gasteiger partial charge in [0.2, 0.25) is 0 Å². The minimum Gasteiger partial charge on any atom is -0.376 e. The van der Waals surface area contributed by atoms with Crippen molar-refractivity contribution in [2.45, 2.75) is 11.7 Å². The predicted molar refractivity (Wildman–Crippen MR) is 97.7 cm³/mol. The quantitative estimate of drug-likeness (QED) is 0.718. The van der Waals surface area contributed by atoms with Crippen LogP contribution in [0.25, 0.3) is 22.9 Å². The fourth-order valence-electron chi connectivity index (χ4n) is 2.84. The molecule has 0 saturated heterocycles. The van der Waals surface area contributed by atoms with Crippen molar-refractivity contribution >= 4 is 29.1 Å². The van der Waals surface area contributed by atoms with Crippen LogP contribution in [0.3, 0.4) is 0 Å². The van der Waals surface area contributed by atoms with Crippen LogP contribution in [0.4, 0.5) is 5.69 Å². The second kappa shape index (κ2) is 5.82. The summed E-state index contributed by atoms with van der Waals surface area (Å²) in [5.74, 6) is 2.54. The molecule has 2 aromatic heterocycles. The lowest BCUT2D eigenvalue weighted by Crippen LogP contribution is -2.08. The van der Waals surface area contributed by atoms with Crippen molar-refractivity contribution in [2.24, 2.45) is 7.05 Å². The van der Waals surface area contributed by atoms with Crippen LogP contribution in [0.5, 0.6) is 0 Å². The Bertz CT molecular complexity index is 913. The maximum Gasteiger partial charge on any atom is 0.181 e. The maximum absolute atomic E-state index is 6.38. The summed E-state index contributed by atoms with van der Waals surface area (Å²) in [4.78, 5) is 11.2. The zero-order valence-corrected chi connectivity index (χ0v) is 15.3. The van der Waals surface area contributed by atoms with E-state index in [1.165, 1.54) is 0 Å². The molecule has 0 unspecified atom stereocenters. The SMILES string of the molecule is CN(C)c1ccc(-c2nc(-c3cnc4n3CCS4)n(C)n2)cc1Cl. The smallest absolute Gasteiger partial charge is 0.181 e. The molecule has 0 N–H and O–H groups in total. The molecule has 24 heavy (non-hydrogen) atoms. The van der Waals surface area contributed by atoms with E-state index in [1.807, 2.05) is 50.4 Å². The summed E-state index contributed by atoms with van der Waals surface area (Å²) < 4.78 is 4.00. The molecule has 0 saturated carbocycles. The second-order valence-corrected chi connectivity index (χ2v) is 7.34. The number of hydrogen-bond donors (Lipinski definition) is 0. The third-order valence-corrected chi connectivity index (χ3v) is 5.32. The minimum atomic E-state index is 0.668. The minimum absolute atomic E-state index is 0.668. The van der Waals surface area contributed by atoms with E-state index in [1.54, 1.807) is 16.4 Å². The summed E-state index contributed by atoms with van der Waals surface area (Å²) in [5, 5.41) is 6.30. The molecule has 0 fully saturated rings. The van der Waals surface area contributed by atoms with E-state index in [0.717, 1.165) is 40.2 Å². The van der Waals surface area contributed by atoms with E-state index < -0.39 is 0 Å². The van der Waals surface area contributed by atoms with Gasteiger partial charge in [0.25, 0.3) is 0 Å². The first-order chi connectivity index (χ1) is 11.5. The molecule has 4 rings (SSSR count). The summed E-state index contributed by atoms with van der Waals surface area (Å²) >= 11 is 8.15. The fourth-order valence-corrected chi connectivity index (χ4v) is 4.11. The Balaban J connectivity index is 1.75. The Morgan fingerprint density at radius 1 is 1.29 bits per heavy atom. The first kappa shape index (κ1) is 15.5. The lowest BCUT2D eigenvalue weighted by molar-refractivity contribution is 0.707. The average molecular weight is 361 g/mol. The van der Waals surface area contributed by atoms with Crippen molar-refractivity contribution < 1.29 is 0 Å². The molecule has 0 aliphatic carbocycles. The molecule has 124 valence electrons. The van der Waals surface area contributed by atoms with Crippen LogP contribution in [0.2, 0.25) is 5.02 Å². The number of fused-ring (bicyclic) bond motifs is 1. The maximum atomic E-state index is 6.38. The number of halogens is 1. The predicted octanol–water partition coefficient (Wildman–Crippen LogP) is 3.17. The third-order valence-electron chi connectivity index (χ3n) is 4.04. The highest BCUT2D eigenvalue weighted by molar-refractivity contribution is 7.99. The van der Waals surface area contributed by atoms with Crippen molar-refractivity contribution in [3.63, 3.8) is 0 Å². The molecule has 0 atom stereocenters. The zero-order chi connectivity index (χ0) is 16.8. The van der Waals surface area contributed by atoms with Crippen LogP contribution in [0, 0.1) is 0 Å². The number of hydrogen-bond acceptors (Lipinski definition) is 5. The Morgan fingerprint density at radius 2 is 2.12 bits per heavy atom. The van der Waals surface area contributed by atoms with Crippen molar-refractivity contribution in [3.8, 4) is 22.9 Å². The van der Waals surface area contributed by atoms with Gasteiger partial charge in [-0.25, -0.2) is 14.6 Å². The van der Waals surface area contributed by atoms with Crippen molar-refractivity contribution in [1.29, 1.82) is 0 Å². The van der Waals surface area contributed by atoms with Crippen molar-refractivity contribution in [1.82, 2.24) is 24.3 Å². The van der Waals surface area contributed by atoms with Gasteiger partial charge < -0.3 is 9.47 Å². The van der Waals surface area contributed by atoms with Gasteiger partial charge in [0.15, 0.2) is 16.8 Å². The lowest BCUT2D eigenvalue weighted by Gasteiger charge is -2.14. The van der Waals surface area contributed by atoms with E-state index in [9.17, 15) is 0 Å². The summed E-state index contributed by atoms with van der Waals surface area (Å²) in [7, 11) is 5.84. The molecule has 6 nitrogen and oxygen atoms in total. The van der Waals surface area contributed by atoms with Crippen LogP contribution >= 0.6 is 23.4 Å². The highest BCUT2D eigenvalue weighted by atomic mass is 35.5. The van der Waals surface area contributed by atoms with Crippen LogP contribution in [0.15, 0.2) is 29.6 Å². The van der Waals surface area contributed by atoms with Crippen LogP contribution in [-0.2, 0) is 13.6 Å². The molecule has 0 spiro atoms. The van der Waals surface area contributed by atoms with Gasteiger partial charge >= 0.3 is 0 Å². The summed E-state index contributed by atoms with van der Waals surface area (Å²) in [5.41, 5.74) is 2.89. The lowest BCUT2D eigenvalue weighted by atomic mass is 10.2. The molecule has 0 amide bonds. The normalized spacial score (nSPS) is 13.3. The number of aromatic nitrogens is 5. The molecular formula is C16H17ClN6S. The van der Waals surface area contributed by atoms with E-state index in [-0.39, 0.29) is 0 Å². The van der Waals surface area contributed by atoms with Gasteiger partial charge in [0, 0.05) is 39.0 Å². The second-order valence-electron chi connectivity index (χ2n) is 5.87. The van der Waals surface area contributed by atoms with Crippen molar-refractivity contribution in [3.05, 3.63) is 29.4 Å². The van der Waals surface area contributed by atoms with Crippen LogP contribution in [0.1, 0.15) is 0 Å². The van der Waals surface area contributed by atoms with Gasteiger partial charge in [-0.2, -0.15) is 5.10 Å². The largest absolute Gasteiger partial charge is 0.376 e. The van der Waals surface area contributed by atoms with Gasteiger partial charge in [0.1, 0.15) is 5.69 Å². The van der Waals surface area contributed by atoms with Gasteiger partial charge in [-0.1, -0.05) is 23.4 Å². The number of rotatable bonds is 3. The number of nitrogens with zero attached hydrogens (tertiary/aromatic N) is 6. The van der Waals surface area contributed by atoms with E-state index in [4.69, 9.17) is 16.6 Å². The van der Waals surface area contributed by atoms with Gasteiger partial charge in [-0.15, -0.1) is 0 Å². The molecule has 1 aliphatic rings. The van der Waals surface area contributed by atoms with Crippen LogP contribution in [-0.4, -0.2) is 44.2 Å². The number of imidazole rings is 1. The molecule has 3 aromatic rings. The topological polar surface area (TPSA) is 51.8 Å². The Labute approximate surface area is 149 Å². The number of anilines is 1. The van der Waals surface area contributed by atoms with Gasteiger partial charge in [-0.05, 0) is 18.2 Å². The monoisotopic (exact) mass is 360 g/mol. The number of thioether (sulfide) groups is 1. The van der Waals surface area contributed by atoms with Crippen LogP contribution < -0.4 is 4.90 Å². The van der Waals surface area contributed by atoms with Gasteiger partial charge in [-0.3, -0.25) is 0 Å². The Hall–Kier alpha value is -1.99. The third kappa shape index (κ3) is 2.48. The molecule has 3 heterocycles. The highest BCUT2D eigenvalue weighted by Gasteiger charge is 2.21. The molecular weight excluding hydrogens is 344 g/mol. The number of aryl methyl sites for hydroxylation is 1. The highest BCUT2D eigenvalue weighted by Crippen LogP contribution is 2.32. The molecule has 1 aromatic carbocycles. The van der Waals surface area contributed by atoms with E-state index >= 15 is 0 Å². The standard InChI is InChI=1S/C16H17ClN6S/c1-21(2)12-5-4-10(8-11(12)17)14-19-15(22(3)20-14)13-9-18-16-23(13)6-7-24-16/h4-5,8-9H,6-7H2,1-3H3. The Morgan fingerprint density at radius 3 is 2.88 bits per heavy atom. The molecule has 0 radical (unpaired) electrons. The first-order valence-electron chi connectivity index (χ1n) is 7.61. The van der Waals surface area contributed by atoms with E-state index in [0.29, 0.717) is 10.8 Å². The zero-order valence-electron chi connectivity index (χ0n) is 13.7. The Kier molecular flexibility index (Phi) is 3.77. The summed E-state index contributed by atoms with van der Waals surface area (Å²) in [6.07, 6.45) is 1.87. The number of benzene rings is 1. The average Bonchev–Trinajstić information content (AvgIpc) is 3.22. The molecule has 0 bridgehead atoms. The summed E-state index contributed by atoms with van der Waals surface area (Å²) in [6, 6.07) is 5.89. The fraction of sp³-hybridized carbons (Fsp3) is 0.312.